The number of hydrogen-bond donors (Lipinski definition) is 2. The summed E-state index contributed by atoms with van der Waals surface area (Å²) < 4.78 is 18.5. The molecule has 0 atom stereocenters. The lowest BCUT2D eigenvalue weighted by Crippen LogP contribution is -2.21. The van der Waals surface area contributed by atoms with Gasteiger partial charge in [-0.25, -0.2) is 4.39 Å². The largest absolute Gasteiger partial charge is 0.456 e. The molecule has 144 valence electrons. The summed E-state index contributed by atoms with van der Waals surface area (Å²) in [5, 5.41) is 13.9. The van der Waals surface area contributed by atoms with Gasteiger partial charge in [-0.2, -0.15) is 0 Å². The third-order valence-electron chi connectivity index (χ3n) is 4.07. The molecule has 0 spiro atoms. The Balaban J connectivity index is 1.50. The molecule has 3 aromatic rings. The first kappa shape index (κ1) is 19.0. The lowest BCUT2D eigenvalue weighted by molar-refractivity contribution is -0.384. The Labute approximate surface area is 158 Å². The average molecular weight is 385 g/mol. The summed E-state index contributed by atoms with van der Waals surface area (Å²) in [5.74, 6) is -2.20. The Morgan fingerprint density at radius 2 is 2.00 bits per heavy atom. The zero-order valence-electron chi connectivity index (χ0n) is 14.6. The van der Waals surface area contributed by atoms with Crippen LogP contribution in [0.3, 0.4) is 0 Å². The van der Waals surface area contributed by atoms with Crippen LogP contribution in [0.2, 0.25) is 0 Å². The molecule has 1 amide bonds. The van der Waals surface area contributed by atoms with Gasteiger partial charge in [0.25, 0.3) is 11.6 Å². The van der Waals surface area contributed by atoms with Crippen molar-refractivity contribution < 1.29 is 23.6 Å². The van der Waals surface area contributed by atoms with Crippen LogP contribution in [0.25, 0.3) is 10.9 Å². The minimum Gasteiger partial charge on any atom is -0.456 e. The van der Waals surface area contributed by atoms with E-state index in [0.29, 0.717) is 6.42 Å². The minimum absolute atomic E-state index is 0.0697. The number of carbonyl (C=O) groups excluding carboxylic acids is 2. The fourth-order valence-electron chi connectivity index (χ4n) is 2.70. The highest BCUT2D eigenvalue weighted by atomic mass is 19.1. The first-order valence-corrected chi connectivity index (χ1v) is 8.38. The van der Waals surface area contributed by atoms with Crippen molar-refractivity contribution in [3.05, 3.63) is 70.2 Å². The SMILES string of the molecule is O=C(COC(=O)CCc1c[nH]c2ccccc12)Nc1cc([N+](=O)[O-])ccc1F. The van der Waals surface area contributed by atoms with Gasteiger partial charge in [-0.05, 0) is 24.1 Å². The molecule has 0 fully saturated rings. The number of para-hydroxylation sites is 1. The first-order chi connectivity index (χ1) is 13.4. The van der Waals surface area contributed by atoms with E-state index >= 15 is 0 Å². The molecule has 3 rings (SSSR count). The molecule has 0 aliphatic carbocycles. The van der Waals surface area contributed by atoms with Crippen molar-refractivity contribution in [2.24, 2.45) is 0 Å². The Hall–Kier alpha value is -3.75. The minimum atomic E-state index is -0.829. The van der Waals surface area contributed by atoms with E-state index in [-0.39, 0.29) is 17.8 Å². The number of ether oxygens (including phenoxy) is 1. The van der Waals surface area contributed by atoms with E-state index < -0.39 is 29.2 Å². The molecule has 8 nitrogen and oxygen atoms in total. The van der Waals surface area contributed by atoms with E-state index in [1.165, 1.54) is 0 Å². The van der Waals surface area contributed by atoms with Crippen LogP contribution in [-0.4, -0.2) is 28.4 Å². The molecule has 28 heavy (non-hydrogen) atoms. The van der Waals surface area contributed by atoms with Gasteiger partial charge in [-0.3, -0.25) is 19.7 Å². The van der Waals surface area contributed by atoms with Crippen molar-refractivity contribution in [3.8, 4) is 0 Å². The summed E-state index contributed by atoms with van der Waals surface area (Å²) in [6.07, 6.45) is 2.32. The van der Waals surface area contributed by atoms with Gasteiger partial charge in [-0.1, -0.05) is 18.2 Å². The number of nitro benzene ring substituents is 1. The number of esters is 1. The number of aryl methyl sites for hydroxylation is 1. The predicted octanol–water partition coefficient (Wildman–Crippen LogP) is 3.33. The number of nitrogens with zero attached hydrogens (tertiary/aromatic N) is 1. The standard InChI is InChI=1S/C19H16FN3O5/c20-15-7-6-13(23(26)27)9-17(15)22-18(24)11-28-19(25)8-5-12-10-21-16-4-2-1-3-14(12)16/h1-4,6-7,9-10,21H,5,8,11H2,(H,22,24). The highest BCUT2D eigenvalue weighted by Crippen LogP contribution is 2.21. The molecule has 0 aliphatic heterocycles. The summed E-state index contributed by atoms with van der Waals surface area (Å²) in [6.45, 7) is -0.616. The number of nitrogens with one attached hydrogen (secondary N) is 2. The number of hydrogen-bond acceptors (Lipinski definition) is 5. The van der Waals surface area contributed by atoms with E-state index in [4.69, 9.17) is 4.74 Å². The number of halogens is 1. The van der Waals surface area contributed by atoms with Crippen molar-refractivity contribution in [2.45, 2.75) is 12.8 Å². The number of non-ortho nitro benzene ring substituents is 1. The number of aromatic amines is 1. The molecule has 0 bridgehead atoms. The number of aromatic nitrogens is 1. The molecular weight excluding hydrogens is 369 g/mol. The number of benzene rings is 2. The summed E-state index contributed by atoms with van der Waals surface area (Å²) >= 11 is 0. The highest BCUT2D eigenvalue weighted by Gasteiger charge is 2.15. The normalized spacial score (nSPS) is 10.6. The smallest absolute Gasteiger partial charge is 0.306 e. The van der Waals surface area contributed by atoms with Gasteiger partial charge in [0.15, 0.2) is 6.61 Å². The molecule has 0 aliphatic rings. The summed E-state index contributed by atoms with van der Waals surface area (Å²) in [4.78, 5) is 36.8. The maximum atomic E-state index is 13.6. The Morgan fingerprint density at radius 3 is 2.79 bits per heavy atom. The van der Waals surface area contributed by atoms with Gasteiger partial charge in [0.05, 0.1) is 10.6 Å². The molecule has 1 heterocycles. The average Bonchev–Trinajstić information content (AvgIpc) is 3.09. The maximum Gasteiger partial charge on any atom is 0.306 e. The quantitative estimate of drug-likeness (QED) is 0.368. The van der Waals surface area contributed by atoms with Crippen LogP contribution in [-0.2, 0) is 20.7 Å². The van der Waals surface area contributed by atoms with Gasteiger partial charge >= 0.3 is 5.97 Å². The van der Waals surface area contributed by atoms with Crippen LogP contribution < -0.4 is 5.32 Å². The van der Waals surface area contributed by atoms with Crippen LogP contribution in [0.1, 0.15) is 12.0 Å². The zero-order valence-corrected chi connectivity index (χ0v) is 14.6. The number of carbonyl (C=O) groups is 2. The van der Waals surface area contributed by atoms with E-state index in [0.717, 1.165) is 34.7 Å². The van der Waals surface area contributed by atoms with Gasteiger partial charge in [0.1, 0.15) is 5.82 Å². The number of fused-ring (bicyclic) bond motifs is 1. The monoisotopic (exact) mass is 385 g/mol. The highest BCUT2D eigenvalue weighted by molar-refractivity contribution is 5.93. The van der Waals surface area contributed by atoms with E-state index in [1.807, 2.05) is 30.5 Å². The Kier molecular flexibility index (Phi) is 5.64. The summed E-state index contributed by atoms with van der Waals surface area (Å²) in [5.41, 5.74) is 1.20. The van der Waals surface area contributed by atoms with Crippen molar-refractivity contribution >= 4 is 34.2 Å². The molecule has 0 saturated heterocycles. The van der Waals surface area contributed by atoms with Gasteiger partial charge in [0.2, 0.25) is 0 Å². The summed E-state index contributed by atoms with van der Waals surface area (Å²) in [7, 11) is 0. The number of rotatable bonds is 7. The predicted molar refractivity (Wildman–Crippen MR) is 99.3 cm³/mol. The topological polar surface area (TPSA) is 114 Å². The Morgan fingerprint density at radius 1 is 1.21 bits per heavy atom. The number of H-pyrrole nitrogens is 1. The van der Waals surface area contributed by atoms with Crippen LogP contribution in [0.4, 0.5) is 15.8 Å². The van der Waals surface area contributed by atoms with E-state index in [2.05, 4.69) is 10.3 Å². The summed E-state index contributed by atoms with van der Waals surface area (Å²) in [6, 6.07) is 10.4. The van der Waals surface area contributed by atoms with Crippen molar-refractivity contribution in [1.29, 1.82) is 0 Å². The molecular formula is C19H16FN3O5. The lowest BCUT2D eigenvalue weighted by atomic mass is 10.1. The second-order valence-corrected chi connectivity index (χ2v) is 5.99. The van der Waals surface area contributed by atoms with Crippen LogP contribution >= 0.6 is 0 Å². The van der Waals surface area contributed by atoms with Gasteiger partial charge < -0.3 is 15.0 Å². The second-order valence-electron chi connectivity index (χ2n) is 5.99. The van der Waals surface area contributed by atoms with Crippen molar-refractivity contribution in [2.75, 3.05) is 11.9 Å². The van der Waals surface area contributed by atoms with Crippen LogP contribution in [0, 0.1) is 15.9 Å². The lowest BCUT2D eigenvalue weighted by Gasteiger charge is -2.07. The number of nitro groups is 1. The van der Waals surface area contributed by atoms with Crippen LogP contribution in [0.15, 0.2) is 48.7 Å². The fraction of sp³-hybridized carbons (Fsp3) is 0.158. The molecule has 0 saturated carbocycles. The van der Waals surface area contributed by atoms with Crippen molar-refractivity contribution in [1.82, 2.24) is 4.98 Å². The third kappa shape index (κ3) is 4.50. The fourth-order valence-corrected chi connectivity index (χ4v) is 2.70. The second kappa shape index (κ2) is 8.30. The maximum absolute atomic E-state index is 13.6. The number of amides is 1. The van der Waals surface area contributed by atoms with E-state index in [1.54, 1.807) is 0 Å². The van der Waals surface area contributed by atoms with E-state index in [9.17, 15) is 24.1 Å². The number of anilines is 1. The molecule has 0 unspecified atom stereocenters. The Bertz CT molecular complexity index is 1050. The van der Waals surface area contributed by atoms with Gasteiger partial charge in [0, 0.05) is 35.7 Å². The van der Waals surface area contributed by atoms with Crippen molar-refractivity contribution in [3.63, 3.8) is 0 Å². The van der Waals surface area contributed by atoms with Gasteiger partial charge in [-0.15, -0.1) is 0 Å². The third-order valence-corrected chi connectivity index (χ3v) is 4.07. The van der Waals surface area contributed by atoms with Crippen LogP contribution in [0.5, 0.6) is 0 Å². The zero-order chi connectivity index (χ0) is 20.1. The first-order valence-electron chi connectivity index (χ1n) is 8.38. The molecule has 0 radical (unpaired) electrons. The molecule has 1 aromatic heterocycles. The molecule has 9 heteroatoms. The molecule has 2 aromatic carbocycles. The molecule has 2 N–H and O–H groups in total.